The number of hydrogen-bond donors (Lipinski definition) is 0. The average molecular weight is 283 g/mol. The highest BCUT2D eigenvalue weighted by Crippen LogP contribution is 2.34. The third kappa shape index (κ3) is 3.22. The minimum atomic E-state index is 0.482. The zero-order valence-corrected chi connectivity index (χ0v) is 11.5. The van der Waals surface area contributed by atoms with E-state index in [0.717, 1.165) is 15.4 Å². The zero-order valence-electron chi connectivity index (χ0n) is 10.7. The summed E-state index contributed by atoms with van der Waals surface area (Å²) in [5.74, 6) is 0.530. The van der Waals surface area contributed by atoms with Crippen molar-refractivity contribution in [2.24, 2.45) is 0 Å². The van der Waals surface area contributed by atoms with E-state index in [9.17, 15) is 0 Å². The lowest BCUT2D eigenvalue weighted by Gasteiger charge is -2.04. The molecular weight excluding hydrogens is 270 g/mol. The van der Waals surface area contributed by atoms with Crippen molar-refractivity contribution in [2.75, 3.05) is 0 Å². The van der Waals surface area contributed by atoms with Gasteiger partial charge in [-0.1, -0.05) is 60.3 Å². The summed E-state index contributed by atoms with van der Waals surface area (Å²) in [5.41, 5.74) is 1.10. The zero-order chi connectivity index (χ0) is 13.6. The minimum Gasteiger partial charge on any atom is -0.470 e. The second-order valence-electron chi connectivity index (χ2n) is 4.17. The smallest absolute Gasteiger partial charge is 0.268 e. The molecule has 3 nitrogen and oxygen atoms in total. The highest BCUT2D eigenvalue weighted by atomic mass is 32.2. The van der Waals surface area contributed by atoms with Crippen molar-refractivity contribution in [3.8, 4) is 5.88 Å². The summed E-state index contributed by atoms with van der Waals surface area (Å²) in [6.07, 6.45) is 1.61. The monoisotopic (exact) mass is 283 g/mol. The molecule has 0 N–H and O–H groups in total. The van der Waals surface area contributed by atoms with Gasteiger partial charge in [0.2, 0.25) is 0 Å². The molecule has 0 unspecified atom stereocenters. The van der Waals surface area contributed by atoms with E-state index in [-0.39, 0.29) is 0 Å². The van der Waals surface area contributed by atoms with E-state index >= 15 is 0 Å². The van der Waals surface area contributed by atoms with E-state index in [0.29, 0.717) is 12.5 Å². The molecular formula is C16H13NO2S. The number of ether oxygens (including phenoxy) is 1. The molecule has 0 spiro atoms. The predicted octanol–water partition coefficient (Wildman–Crippen LogP) is 4.40. The van der Waals surface area contributed by atoms with Gasteiger partial charge in [0.25, 0.3) is 5.88 Å². The number of aromatic nitrogens is 1. The van der Waals surface area contributed by atoms with Crippen molar-refractivity contribution in [1.82, 2.24) is 5.16 Å². The fourth-order valence-electron chi connectivity index (χ4n) is 1.72. The third-order valence-electron chi connectivity index (χ3n) is 2.70. The van der Waals surface area contributed by atoms with Crippen molar-refractivity contribution in [3.63, 3.8) is 0 Å². The summed E-state index contributed by atoms with van der Waals surface area (Å²) >= 11 is 1.57. The van der Waals surface area contributed by atoms with Gasteiger partial charge in [0.05, 0.1) is 0 Å². The van der Waals surface area contributed by atoms with Gasteiger partial charge in [-0.15, -0.1) is 0 Å². The second-order valence-corrected chi connectivity index (χ2v) is 5.29. The summed E-state index contributed by atoms with van der Waals surface area (Å²) in [6, 6.07) is 20.1. The van der Waals surface area contributed by atoms with Gasteiger partial charge in [-0.3, -0.25) is 0 Å². The Morgan fingerprint density at radius 1 is 0.950 bits per heavy atom. The molecule has 20 heavy (non-hydrogen) atoms. The molecule has 0 saturated carbocycles. The molecule has 100 valence electrons. The number of benzene rings is 2. The van der Waals surface area contributed by atoms with Crippen LogP contribution in [0.1, 0.15) is 5.56 Å². The topological polar surface area (TPSA) is 35.3 Å². The van der Waals surface area contributed by atoms with Crippen LogP contribution >= 0.6 is 11.8 Å². The highest BCUT2D eigenvalue weighted by Gasteiger charge is 2.10. The Kier molecular flexibility index (Phi) is 4.04. The molecule has 0 aliphatic rings. The van der Waals surface area contributed by atoms with Crippen molar-refractivity contribution < 1.29 is 9.26 Å². The Balaban J connectivity index is 1.68. The molecule has 3 rings (SSSR count). The molecule has 2 aromatic carbocycles. The van der Waals surface area contributed by atoms with Gasteiger partial charge in [-0.2, -0.15) is 0 Å². The normalized spacial score (nSPS) is 10.4. The van der Waals surface area contributed by atoms with Gasteiger partial charge in [-0.25, -0.2) is 0 Å². The quantitative estimate of drug-likeness (QED) is 0.695. The molecule has 1 heterocycles. The Morgan fingerprint density at radius 2 is 1.65 bits per heavy atom. The van der Waals surface area contributed by atoms with Crippen LogP contribution in [0.3, 0.4) is 0 Å². The van der Waals surface area contributed by atoms with E-state index in [1.54, 1.807) is 18.0 Å². The van der Waals surface area contributed by atoms with Gasteiger partial charge >= 0.3 is 0 Å². The first-order valence-electron chi connectivity index (χ1n) is 6.26. The van der Waals surface area contributed by atoms with Crippen LogP contribution in [0.4, 0.5) is 0 Å². The second kappa shape index (κ2) is 6.30. The maximum absolute atomic E-state index is 5.71. The molecule has 0 amide bonds. The van der Waals surface area contributed by atoms with Gasteiger partial charge in [0.15, 0.2) is 0 Å². The van der Waals surface area contributed by atoms with Gasteiger partial charge in [0.1, 0.15) is 17.8 Å². The van der Waals surface area contributed by atoms with Crippen LogP contribution in [0, 0.1) is 0 Å². The summed E-state index contributed by atoms with van der Waals surface area (Å²) in [4.78, 5) is 2.01. The third-order valence-corrected chi connectivity index (χ3v) is 3.69. The Hall–Kier alpha value is -2.20. The highest BCUT2D eigenvalue weighted by molar-refractivity contribution is 7.99. The number of rotatable bonds is 5. The Bertz CT molecular complexity index is 653. The maximum Gasteiger partial charge on any atom is 0.268 e. The van der Waals surface area contributed by atoms with Crippen LogP contribution in [0.15, 0.2) is 81.2 Å². The van der Waals surface area contributed by atoms with E-state index in [2.05, 4.69) is 5.16 Å². The molecule has 0 radical (unpaired) electrons. The fourth-order valence-corrected chi connectivity index (χ4v) is 2.55. The molecule has 4 heteroatoms. The molecule has 0 saturated heterocycles. The maximum atomic E-state index is 5.71. The SMILES string of the molecule is c1ccc(COc2nocc2Sc2ccccc2)cc1. The lowest BCUT2D eigenvalue weighted by Crippen LogP contribution is -1.95. The first kappa shape index (κ1) is 12.8. The lowest BCUT2D eigenvalue weighted by atomic mass is 10.2. The molecule has 1 aromatic heterocycles. The van der Waals surface area contributed by atoms with Crippen LogP contribution < -0.4 is 4.74 Å². The van der Waals surface area contributed by atoms with E-state index < -0.39 is 0 Å². The van der Waals surface area contributed by atoms with E-state index in [1.807, 2.05) is 60.7 Å². The van der Waals surface area contributed by atoms with Crippen LogP contribution in [0.5, 0.6) is 5.88 Å². The summed E-state index contributed by atoms with van der Waals surface area (Å²) in [6.45, 7) is 0.482. The first-order chi connectivity index (χ1) is 9.92. The Morgan fingerprint density at radius 3 is 2.40 bits per heavy atom. The van der Waals surface area contributed by atoms with Crippen molar-refractivity contribution >= 4 is 11.8 Å². The van der Waals surface area contributed by atoms with Gasteiger partial charge < -0.3 is 9.26 Å². The largest absolute Gasteiger partial charge is 0.470 e. The predicted molar refractivity (Wildman–Crippen MR) is 77.8 cm³/mol. The standard InChI is InChI=1S/C16H13NO2S/c1-3-7-13(8-4-1)11-18-16-15(12-19-17-16)20-14-9-5-2-6-10-14/h1-10,12H,11H2. The van der Waals surface area contributed by atoms with Gasteiger partial charge in [0, 0.05) is 4.90 Å². The van der Waals surface area contributed by atoms with Crippen LogP contribution in [0.2, 0.25) is 0 Å². The molecule has 0 atom stereocenters. The summed E-state index contributed by atoms with van der Waals surface area (Å²) < 4.78 is 10.7. The fraction of sp³-hybridized carbons (Fsp3) is 0.0625. The molecule has 0 bridgehead atoms. The summed E-state index contributed by atoms with van der Waals surface area (Å²) in [7, 11) is 0. The summed E-state index contributed by atoms with van der Waals surface area (Å²) in [5, 5.41) is 3.91. The average Bonchev–Trinajstić information content (AvgIpc) is 2.94. The van der Waals surface area contributed by atoms with E-state index in [1.165, 1.54) is 0 Å². The minimum absolute atomic E-state index is 0.482. The van der Waals surface area contributed by atoms with Crippen LogP contribution in [-0.2, 0) is 6.61 Å². The van der Waals surface area contributed by atoms with Crippen LogP contribution in [-0.4, -0.2) is 5.16 Å². The number of hydrogen-bond acceptors (Lipinski definition) is 4. The van der Waals surface area contributed by atoms with E-state index in [4.69, 9.17) is 9.26 Å². The Labute approximate surface area is 121 Å². The van der Waals surface area contributed by atoms with Crippen molar-refractivity contribution in [1.29, 1.82) is 0 Å². The lowest BCUT2D eigenvalue weighted by molar-refractivity contribution is 0.266. The molecule has 0 fully saturated rings. The molecule has 0 aliphatic heterocycles. The molecule has 0 aliphatic carbocycles. The van der Waals surface area contributed by atoms with Crippen molar-refractivity contribution in [2.45, 2.75) is 16.4 Å². The molecule has 3 aromatic rings. The van der Waals surface area contributed by atoms with Crippen LogP contribution in [0.25, 0.3) is 0 Å². The first-order valence-corrected chi connectivity index (χ1v) is 7.07. The van der Waals surface area contributed by atoms with Gasteiger partial charge in [-0.05, 0) is 22.9 Å². The van der Waals surface area contributed by atoms with Crippen molar-refractivity contribution in [3.05, 3.63) is 72.5 Å². The number of nitrogens with zero attached hydrogens (tertiary/aromatic N) is 1.